The van der Waals surface area contributed by atoms with Gasteiger partial charge in [-0.15, -0.1) is 0 Å². The van der Waals surface area contributed by atoms with Gasteiger partial charge in [-0.25, -0.2) is 0 Å². The van der Waals surface area contributed by atoms with Crippen molar-refractivity contribution in [2.24, 2.45) is 0 Å². The van der Waals surface area contributed by atoms with Gasteiger partial charge < -0.3 is 10.6 Å². The Labute approximate surface area is 130 Å². The van der Waals surface area contributed by atoms with Crippen molar-refractivity contribution >= 4 is 23.1 Å². The highest BCUT2D eigenvalue weighted by Gasteiger charge is 2.04. The average Bonchev–Trinajstić information content (AvgIpc) is 2.54. The third kappa shape index (κ3) is 4.45. The van der Waals surface area contributed by atoms with E-state index in [-0.39, 0.29) is 18.2 Å². The van der Waals surface area contributed by atoms with Crippen LogP contribution in [0, 0.1) is 0 Å². The largest absolute Gasteiger partial charge is 0.376 e. The van der Waals surface area contributed by atoms with Gasteiger partial charge in [-0.2, -0.15) is 0 Å². The molecule has 4 heteroatoms. The molecule has 0 atom stereocenters. The highest BCUT2D eigenvalue weighted by atomic mass is 16.2. The second-order valence-corrected chi connectivity index (χ2v) is 5.09. The predicted molar refractivity (Wildman–Crippen MR) is 89.4 cm³/mol. The van der Waals surface area contributed by atoms with E-state index in [1.54, 1.807) is 18.2 Å². The van der Waals surface area contributed by atoms with Crippen LogP contribution in [0.1, 0.15) is 29.8 Å². The van der Waals surface area contributed by atoms with Gasteiger partial charge in [0.1, 0.15) is 0 Å². The van der Waals surface area contributed by atoms with E-state index in [1.807, 2.05) is 30.3 Å². The van der Waals surface area contributed by atoms with Crippen molar-refractivity contribution in [2.45, 2.75) is 20.3 Å². The zero-order chi connectivity index (χ0) is 15.9. The van der Waals surface area contributed by atoms with Crippen molar-refractivity contribution in [3.63, 3.8) is 0 Å². The van der Waals surface area contributed by atoms with E-state index >= 15 is 0 Å². The Bertz CT molecular complexity index is 663. The third-order valence-electron chi connectivity index (χ3n) is 3.37. The molecule has 0 radical (unpaired) electrons. The lowest BCUT2D eigenvalue weighted by Gasteiger charge is -2.09. The van der Waals surface area contributed by atoms with Crippen LogP contribution in [-0.4, -0.2) is 18.2 Å². The summed E-state index contributed by atoms with van der Waals surface area (Å²) in [6.07, 6.45) is 0.974. The number of anilines is 2. The van der Waals surface area contributed by atoms with E-state index in [9.17, 15) is 9.59 Å². The molecule has 1 amide bonds. The molecule has 2 N–H and O–H groups in total. The van der Waals surface area contributed by atoms with Gasteiger partial charge in [0.25, 0.3) is 0 Å². The number of Topliss-reactive ketones (excluding diaryl/α,β-unsaturated/α-hetero) is 1. The molecule has 0 heterocycles. The lowest BCUT2D eigenvalue weighted by molar-refractivity contribution is -0.114. The van der Waals surface area contributed by atoms with Crippen LogP contribution in [0.4, 0.5) is 11.4 Å². The minimum absolute atomic E-state index is 0.00381. The second kappa shape index (κ2) is 7.41. The molecule has 114 valence electrons. The maximum absolute atomic E-state index is 11.9. The molecule has 0 aromatic heterocycles. The fraction of sp³-hybridized carbons (Fsp3) is 0.222. The minimum atomic E-state index is -0.127. The van der Waals surface area contributed by atoms with Crippen LogP contribution in [-0.2, 0) is 11.2 Å². The summed E-state index contributed by atoms with van der Waals surface area (Å²) >= 11 is 0. The van der Waals surface area contributed by atoms with Gasteiger partial charge in [0, 0.05) is 16.9 Å². The fourth-order valence-corrected chi connectivity index (χ4v) is 2.06. The van der Waals surface area contributed by atoms with Gasteiger partial charge >= 0.3 is 0 Å². The summed E-state index contributed by atoms with van der Waals surface area (Å²) in [7, 11) is 0. The van der Waals surface area contributed by atoms with Crippen molar-refractivity contribution < 1.29 is 9.59 Å². The van der Waals surface area contributed by atoms with E-state index in [0.29, 0.717) is 5.56 Å². The molecule has 4 nitrogen and oxygen atoms in total. The van der Waals surface area contributed by atoms with E-state index < -0.39 is 0 Å². The average molecular weight is 296 g/mol. The Morgan fingerprint density at radius 1 is 1.00 bits per heavy atom. The number of nitrogens with one attached hydrogen (secondary N) is 2. The number of hydrogen-bond donors (Lipinski definition) is 2. The van der Waals surface area contributed by atoms with Crippen molar-refractivity contribution in [3.8, 4) is 0 Å². The Morgan fingerprint density at radius 3 is 2.36 bits per heavy atom. The van der Waals surface area contributed by atoms with Crippen molar-refractivity contribution in [2.75, 3.05) is 17.2 Å². The molecule has 0 spiro atoms. The van der Waals surface area contributed by atoms with Gasteiger partial charge in [-0.05, 0) is 43.2 Å². The highest BCUT2D eigenvalue weighted by molar-refractivity contribution is 5.96. The van der Waals surface area contributed by atoms with Crippen molar-refractivity contribution in [1.29, 1.82) is 0 Å². The maximum atomic E-state index is 11.9. The summed E-state index contributed by atoms with van der Waals surface area (Å²) in [5.74, 6) is -0.124. The lowest BCUT2D eigenvalue weighted by atomic mass is 10.1. The number of aryl methyl sites for hydroxylation is 1. The summed E-state index contributed by atoms with van der Waals surface area (Å²) in [6, 6.07) is 14.9. The summed E-state index contributed by atoms with van der Waals surface area (Å²) in [5.41, 5.74) is 3.39. The van der Waals surface area contributed by atoms with Crippen molar-refractivity contribution in [3.05, 3.63) is 59.7 Å². The van der Waals surface area contributed by atoms with E-state index in [0.717, 1.165) is 17.8 Å². The minimum Gasteiger partial charge on any atom is -0.376 e. The van der Waals surface area contributed by atoms with Crippen LogP contribution in [0.3, 0.4) is 0 Å². The molecule has 0 saturated carbocycles. The highest BCUT2D eigenvalue weighted by Crippen LogP contribution is 2.12. The Morgan fingerprint density at radius 2 is 1.73 bits per heavy atom. The molecule has 2 rings (SSSR count). The Hall–Kier alpha value is -2.62. The molecule has 2 aromatic rings. The lowest BCUT2D eigenvalue weighted by Crippen LogP contribution is -2.21. The predicted octanol–water partition coefficient (Wildman–Crippen LogP) is 3.50. The molecular formula is C18H20N2O2. The number of carbonyl (C=O) groups is 2. The first-order chi connectivity index (χ1) is 10.6. The van der Waals surface area contributed by atoms with Crippen LogP contribution >= 0.6 is 0 Å². The molecule has 2 aromatic carbocycles. The molecule has 22 heavy (non-hydrogen) atoms. The molecule has 0 aliphatic rings. The Kier molecular flexibility index (Phi) is 5.31. The normalized spacial score (nSPS) is 10.1. The van der Waals surface area contributed by atoms with Crippen molar-refractivity contribution in [1.82, 2.24) is 0 Å². The zero-order valence-electron chi connectivity index (χ0n) is 12.8. The molecule has 0 bridgehead atoms. The van der Waals surface area contributed by atoms with E-state index in [4.69, 9.17) is 0 Å². The zero-order valence-corrected chi connectivity index (χ0v) is 12.8. The molecular weight excluding hydrogens is 276 g/mol. The molecule has 0 aliphatic carbocycles. The number of benzene rings is 2. The molecule has 0 unspecified atom stereocenters. The second-order valence-electron chi connectivity index (χ2n) is 5.09. The summed E-state index contributed by atoms with van der Waals surface area (Å²) in [6.45, 7) is 3.76. The number of ketones is 1. The molecule has 0 fully saturated rings. The molecule has 0 saturated heterocycles. The number of carbonyl (C=O) groups excluding carboxylic acids is 2. The van der Waals surface area contributed by atoms with Gasteiger partial charge in [0.15, 0.2) is 5.78 Å². The summed E-state index contributed by atoms with van der Waals surface area (Å²) < 4.78 is 0. The van der Waals surface area contributed by atoms with Gasteiger partial charge in [0.2, 0.25) is 5.91 Å². The van der Waals surface area contributed by atoms with E-state index in [2.05, 4.69) is 17.6 Å². The van der Waals surface area contributed by atoms with Crippen LogP contribution in [0.5, 0.6) is 0 Å². The Balaban J connectivity index is 1.89. The van der Waals surface area contributed by atoms with E-state index in [1.165, 1.54) is 12.5 Å². The summed E-state index contributed by atoms with van der Waals surface area (Å²) in [4.78, 5) is 23.2. The summed E-state index contributed by atoms with van der Waals surface area (Å²) in [5, 5.41) is 5.85. The van der Waals surface area contributed by atoms with Crippen LogP contribution in [0.25, 0.3) is 0 Å². The van der Waals surface area contributed by atoms with Gasteiger partial charge in [-0.1, -0.05) is 31.2 Å². The van der Waals surface area contributed by atoms with Gasteiger partial charge in [-0.3, -0.25) is 9.59 Å². The number of amides is 1. The monoisotopic (exact) mass is 296 g/mol. The SMILES string of the molecule is CCc1ccc(NC(=O)CNc2cccc(C(C)=O)c2)cc1. The first kappa shape index (κ1) is 15.8. The topological polar surface area (TPSA) is 58.2 Å². The van der Waals surface area contributed by atoms with Crippen LogP contribution in [0.2, 0.25) is 0 Å². The van der Waals surface area contributed by atoms with Gasteiger partial charge in [0.05, 0.1) is 6.54 Å². The fourth-order valence-electron chi connectivity index (χ4n) is 2.06. The van der Waals surface area contributed by atoms with Crippen LogP contribution < -0.4 is 10.6 Å². The maximum Gasteiger partial charge on any atom is 0.243 e. The quantitative estimate of drug-likeness (QED) is 0.802. The third-order valence-corrected chi connectivity index (χ3v) is 3.37. The first-order valence-electron chi connectivity index (χ1n) is 7.32. The standard InChI is InChI=1S/C18H20N2O2/c1-3-14-7-9-16(10-8-14)20-18(22)12-19-17-6-4-5-15(11-17)13(2)21/h4-11,19H,3,12H2,1-2H3,(H,20,22). The number of rotatable bonds is 6. The first-order valence-corrected chi connectivity index (χ1v) is 7.32. The molecule has 0 aliphatic heterocycles. The number of hydrogen-bond acceptors (Lipinski definition) is 3. The van der Waals surface area contributed by atoms with Crippen LogP contribution in [0.15, 0.2) is 48.5 Å². The smallest absolute Gasteiger partial charge is 0.243 e.